The molecule has 0 spiro atoms. The van der Waals surface area contributed by atoms with E-state index in [2.05, 4.69) is 167 Å². The highest BCUT2D eigenvalue weighted by atomic mass is 15.1. The summed E-state index contributed by atoms with van der Waals surface area (Å²) in [5.41, 5.74) is 15.1. The van der Waals surface area contributed by atoms with Crippen molar-refractivity contribution in [3.63, 3.8) is 0 Å². The van der Waals surface area contributed by atoms with Crippen molar-refractivity contribution >= 4 is 65.8 Å². The van der Waals surface area contributed by atoms with Gasteiger partial charge in [0.1, 0.15) is 11.5 Å². The van der Waals surface area contributed by atoms with Crippen LogP contribution in [0, 0.1) is 27.7 Å². The first-order chi connectivity index (χ1) is 28.4. The SMILES string of the molecule is Cc1c(C)n(-c2ccc(-c3cn4c(n3)C=CCC4)cc2)c2c3ccccc3c3c4c(C)c(C)n(-c5ccc(-c6cn7ccccc7n6)cc5)c4c4ccccc4c3c12. The van der Waals surface area contributed by atoms with Crippen LogP contribution in [-0.4, -0.2) is 28.1 Å². The molecule has 0 amide bonds. The predicted octanol–water partition coefficient (Wildman–Crippen LogP) is 12.9. The van der Waals surface area contributed by atoms with Gasteiger partial charge in [-0.25, -0.2) is 9.97 Å². The minimum atomic E-state index is 0.948. The van der Waals surface area contributed by atoms with Gasteiger partial charge in [0.15, 0.2) is 0 Å². The van der Waals surface area contributed by atoms with Crippen molar-refractivity contribution in [2.45, 2.75) is 40.7 Å². The van der Waals surface area contributed by atoms with Gasteiger partial charge in [0, 0.05) is 91.3 Å². The van der Waals surface area contributed by atoms with Crippen LogP contribution in [0.3, 0.4) is 0 Å². The lowest BCUT2D eigenvalue weighted by Crippen LogP contribution is -2.01. The molecule has 6 aromatic carbocycles. The van der Waals surface area contributed by atoms with Crippen LogP contribution in [0.4, 0.5) is 0 Å². The van der Waals surface area contributed by atoms with E-state index in [9.17, 15) is 0 Å². The first-order valence-corrected chi connectivity index (χ1v) is 20.2. The van der Waals surface area contributed by atoms with Gasteiger partial charge in [-0.3, -0.25) is 0 Å². The zero-order chi connectivity index (χ0) is 38.8. The molecule has 0 saturated carbocycles. The molecule has 0 atom stereocenters. The van der Waals surface area contributed by atoms with Gasteiger partial charge in [0.05, 0.1) is 22.4 Å². The second-order valence-corrected chi connectivity index (χ2v) is 15.9. The van der Waals surface area contributed by atoms with Crippen molar-refractivity contribution < 1.29 is 0 Å². The number of hydrogen-bond acceptors (Lipinski definition) is 2. The van der Waals surface area contributed by atoms with E-state index >= 15 is 0 Å². The lowest BCUT2D eigenvalue weighted by Gasteiger charge is -2.17. The molecule has 0 radical (unpaired) electrons. The quantitative estimate of drug-likeness (QED) is 0.168. The minimum Gasteiger partial charge on any atom is -0.331 e. The molecular weight excluding hydrogens is 709 g/mol. The Kier molecular flexibility index (Phi) is 6.92. The van der Waals surface area contributed by atoms with E-state index in [1.165, 1.54) is 76.6 Å². The van der Waals surface area contributed by atoms with Crippen molar-refractivity contribution in [2.24, 2.45) is 0 Å². The van der Waals surface area contributed by atoms with E-state index in [1.807, 2.05) is 24.4 Å². The van der Waals surface area contributed by atoms with Crippen molar-refractivity contribution in [1.29, 1.82) is 0 Å². The molecule has 0 saturated heterocycles. The minimum absolute atomic E-state index is 0.948. The van der Waals surface area contributed by atoms with Gasteiger partial charge in [-0.15, -0.1) is 0 Å². The Bertz CT molecular complexity index is 3500. The largest absolute Gasteiger partial charge is 0.331 e. The molecule has 12 rings (SSSR count). The summed E-state index contributed by atoms with van der Waals surface area (Å²) in [7, 11) is 0. The molecule has 0 aliphatic carbocycles. The van der Waals surface area contributed by atoms with E-state index < -0.39 is 0 Å². The first kappa shape index (κ1) is 33.0. The fourth-order valence-electron chi connectivity index (χ4n) is 9.90. The second kappa shape index (κ2) is 12.2. The van der Waals surface area contributed by atoms with Gasteiger partial charge in [0.2, 0.25) is 0 Å². The predicted molar refractivity (Wildman–Crippen MR) is 241 cm³/mol. The Hall–Kier alpha value is -7.18. The molecule has 11 aromatic rings. The highest BCUT2D eigenvalue weighted by Gasteiger charge is 2.26. The number of benzene rings is 6. The van der Waals surface area contributed by atoms with Crippen molar-refractivity contribution in [3.05, 3.63) is 168 Å². The molecule has 278 valence electrons. The average Bonchev–Trinajstić information content (AvgIpc) is 4.03. The van der Waals surface area contributed by atoms with Gasteiger partial charge in [-0.05, 0) is 98.5 Å². The Morgan fingerprint density at radius 3 is 1.55 bits per heavy atom. The molecule has 6 heteroatoms. The van der Waals surface area contributed by atoms with E-state index in [-0.39, 0.29) is 0 Å². The van der Waals surface area contributed by atoms with Crippen LogP contribution in [-0.2, 0) is 6.54 Å². The summed E-state index contributed by atoms with van der Waals surface area (Å²) < 4.78 is 9.31. The maximum absolute atomic E-state index is 4.95. The normalized spacial score (nSPS) is 13.0. The van der Waals surface area contributed by atoms with Crippen LogP contribution >= 0.6 is 0 Å². The third-order valence-electron chi connectivity index (χ3n) is 12.9. The number of pyridine rings is 1. The fourth-order valence-corrected chi connectivity index (χ4v) is 9.90. The third kappa shape index (κ3) is 4.54. The highest BCUT2D eigenvalue weighted by molar-refractivity contribution is 6.40. The van der Waals surface area contributed by atoms with Crippen LogP contribution in [0.25, 0.3) is 99.7 Å². The molecule has 6 heterocycles. The van der Waals surface area contributed by atoms with Crippen molar-refractivity contribution in [3.8, 4) is 33.9 Å². The second-order valence-electron chi connectivity index (χ2n) is 15.9. The lowest BCUT2D eigenvalue weighted by atomic mass is 9.89. The average molecular weight is 749 g/mol. The Balaban J connectivity index is 1.11. The van der Waals surface area contributed by atoms with Gasteiger partial charge >= 0.3 is 0 Å². The smallest absolute Gasteiger partial charge is 0.137 e. The Morgan fingerprint density at radius 2 is 1.02 bits per heavy atom. The van der Waals surface area contributed by atoms with Crippen LogP contribution in [0.2, 0.25) is 0 Å². The Morgan fingerprint density at radius 1 is 0.500 bits per heavy atom. The molecule has 1 aliphatic heterocycles. The molecule has 0 N–H and O–H groups in total. The Labute approximate surface area is 335 Å². The molecule has 1 aliphatic rings. The summed E-state index contributed by atoms with van der Waals surface area (Å²) >= 11 is 0. The topological polar surface area (TPSA) is 45.0 Å². The molecule has 6 nitrogen and oxygen atoms in total. The van der Waals surface area contributed by atoms with Crippen molar-refractivity contribution in [2.75, 3.05) is 0 Å². The highest BCUT2D eigenvalue weighted by Crippen LogP contribution is 2.49. The number of aromatic nitrogens is 6. The zero-order valence-electron chi connectivity index (χ0n) is 33.0. The van der Waals surface area contributed by atoms with E-state index in [0.29, 0.717) is 0 Å². The van der Waals surface area contributed by atoms with Gasteiger partial charge in [-0.2, -0.15) is 0 Å². The third-order valence-corrected chi connectivity index (χ3v) is 12.9. The summed E-state index contributed by atoms with van der Waals surface area (Å²) in [6.45, 7) is 10.2. The number of allylic oxidation sites excluding steroid dienone is 1. The van der Waals surface area contributed by atoms with Crippen LogP contribution in [0.1, 0.15) is 34.8 Å². The van der Waals surface area contributed by atoms with Crippen molar-refractivity contribution in [1.82, 2.24) is 28.1 Å². The summed E-state index contributed by atoms with van der Waals surface area (Å²) in [6.07, 6.45) is 11.7. The van der Waals surface area contributed by atoms with Gasteiger partial charge < -0.3 is 18.1 Å². The lowest BCUT2D eigenvalue weighted by molar-refractivity contribution is 0.689. The van der Waals surface area contributed by atoms with Crippen LogP contribution in [0.5, 0.6) is 0 Å². The molecule has 58 heavy (non-hydrogen) atoms. The summed E-state index contributed by atoms with van der Waals surface area (Å²) in [4.78, 5) is 9.84. The molecule has 0 unspecified atom stereocenters. The number of nitrogens with zero attached hydrogens (tertiary/aromatic N) is 6. The van der Waals surface area contributed by atoms with Crippen LogP contribution < -0.4 is 0 Å². The number of aryl methyl sites for hydroxylation is 3. The fraction of sp³-hybridized carbons (Fsp3) is 0.115. The maximum Gasteiger partial charge on any atom is 0.137 e. The monoisotopic (exact) mass is 748 g/mol. The maximum atomic E-state index is 4.95. The first-order valence-electron chi connectivity index (χ1n) is 20.2. The number of imidazole rings is 2. The molecular formula is C52H40N6. The summed E-state index contributed by atoms with van der Waals surface area (Å²) in [5.74, 6) is 1.03. The summed E-state index contributed by atoms with van der Waals surface area (Å²) in [5, 5.41) is 10.4. The summed E-state index contributed by atoms with van der Waals surface area (Å²) in [6, 6.07) is 42.1. The zero-order valence-corrected chi connectivity index (χ0v) is 33.0. The number of rotatable bonds is 4. The molecule has 5 aromatic heterocycles. The van der Waals surface area contributed by atoms with Gasteiger partial charge in [0.25, 0.3) is 0 Å². The number of hydrogen-bond donors (Lipinski definition) is 0. The number of fused-ring (bicyclic) bond motifs is 13. The van der Waals surface area contributed by atoms with E-state index in [0.717, 1.165) is 58.3 Å². The molecule has 0 fully saturated rings. The standard InChI is InChI=1S/C52H40N6/c1-31-33(3)57(37-23-19-35(20-24-37)43-29-55-27-11-9-17-45(55)53-43)51-41-15-7-6-14-40(41)50-48-32(2)34(4)58(52(48)42-16-8-5-13-39(42)49(50)47(31)51)38-25-21-36(22-26-38)44-30-56-28-12-10-18-46(56)54-44/h5-11,13-27,29-30H,12,28H2,1-4H3. The van der Waals surface area contributed by atoms with Gasteiger partial charge in [-0.1, -0.05) is 84.9 Å². The molecule has 0 bridgehead atoms. The van der Waals surface area contributed by atoms with Crippen LogP contribution in [0.15, 0.2) is 140 Å². The van der Waals surface area contributed by atoms with E-state index in [4.69, 9.17) is 9.97 Å². The van der Waals surface area contributed by atoms with E-state index in [1.54, 1.807) is 0 Å².